The number of rotatable bonds is 6. The number of imidazole rings is 1. The van der Waals surface area contributed by atoms with Gasteiger partial charge in [-0.05, 0) is 37.8 Å². The first-order chi connectivity index (χ1) is 19.0. The molecule has 39 heavy (non-hydrogen) atoms. The molecular weight excluding hydrogens is 490 g/mol. The molecule has 1 aromatic carbocycles. The molecule has 0 bridgehead atoms. The van der Waals surface area contributed by atoms with Gasteiger partial charge in [0.2, 0.25) is 0 Å². The molecule has 8 rings (SSSR count). The Morgan fingerprint density at radius 2 is 1.64 bits per heavy atom. The first kappa shape index (κ1) is 22.5. The molecule has 0 N–H and O–H groups in total. The molecule has 10 nitrogen and oxygen atoms in total. The Kier molecular flexibility index (Phi) is 4.63. The van der Waals surface area contributed by atoms with Crippen molar-refractivity contribution in [1.29, 1.82) is 0 Å². The van der Waals surface area contributed by atoms with Gasteiger partial charge in [0, 0.05) is 73.0 Å². The summed E-state index contributed by atoms with van der Waals surface area (Å²) in [6, 6.07) is 8.51. The molecule has 6 aromatic rings. The van der Waals surface area contributed by atoms with Crippen LogP contribution in [-0.4, -0.2) is 51.0 Å². The highest BCUT2D eigenvalue weighted by Gasteiger charge is 2.35. The Hall–Kier alpha value is -4.47. The maximum Gasteiger partial charge on any atom is 0.258 e. The van der Waals surface area contributed by atoms with E-state index in [0.29, 0.717) is 17.7 Å². The summed E-state index contributed by atoms with van der Waals surface area (Å²) in [6.07, 6.45) is 10.7. The summed E-state index contributed by atoms with van der Waals surface area (Å²) in [5, 5.41) is 16.0. The molecule has 0 saturated heterocycles. The second kappa shape index (κ2) is 8.02. The standard InChI is InChI=1S/C29H29N9O/c1-35-13-18-12-20(24(16-8-9-16)30-27(18)33-35)28-31-25(26(37(28)3)17-10-11-17)19-6-5-7-22-21(19)14-38(32-22)23-15-36(2)34-29(23)39-4/h5-7,12-17H,8-11H2,1-4H3. The summed E-state index contributed by atoms with van der Waals surface area (Å²) in [5.41, 5.74) is 8.18. The Morgan fingerprint density at radius 3 is 2.41 bits per heavy atom. The Morgan fingerprint density at radius 1 is 0.846 bits per heavy atom. The molecule has 5 aromatic heterocycles. The highest BCUT2D eigenvalue weighted by Crippen LogP contribution is 2.49. The van der Waals surface area contributed by atoms with E-state index < -0.39 is 0 Å². The number of hydrogen-bond acceptors (Lipinski definition) is 6. The lowest BCUT2D eigenvalue weighted by atomic mass is 10.0. The second-order valence-corrected chi connectivity index (χ2v) is 10.9. The molecule has 196 valence electrons. The average molecular weight is 520 g/mol. The van der Waals surface area contributed by atoms with Crippen molar-refractivity contribution in [1.82, 2.24) is 43.9 Å². The molecule has 2 saturated carbocycles. The molecule has 0 amide bonds. The third kappa shape index (κ3) is 3.50. The SMILES string of the molecule is COc1nn(C)cc1-n1cc2c(-c3nc(-c4cc5cn(C)nc5nc4C4CC4)n(C)c3C3CC3)cccc2n1. The van der Waals surface area contributed by atoms with Crippen molar-refractivity contribution >= 4 is 21.9 Å². The topological polar surface area (TPSA) is 93.4 Å². The fraction of sp³-hybridized carbons (Fsp3) is 0.345. The van der Waals surface area contributed by atoms with Crippen LogP contribution in [0.3, 0.4) is 0 Å². The molecule has 0 unspecified atom stereocenters. The van der Waals surface area contributed by atoms with Crippen molar-refractivity contribution in [2.75, 3.05) is 7.11 Å². The average Bonchev–Trinajstić information content (AvgIpc) is 3.80. The Bertz CT molecular complexity index is 1910. The van der Waals surface area contributed by atoms with E-state index in [2.05, 4.69) is 46.2 Å². The third-order valence-electron chi connectivity index (χ3n) is 7.97. The Labute approximate surface area is 224 Å². The molecule has 2 aliphatic carbocycles. The van der Waals surface area contributed by atoms with E-state index >= 15 is 0 Å². The molecule has 2 aliphatic rings. The summed E-state index contributed by atoms with van der Waals surface area (Å²) in [6.45, 7) is 0. The predicted molar refractivity (Wildman–Crippen MR) is 148 cm³/mol. The van der Waals surface area contributed by atoms with Crippen LogP contribution < -0.4 is 4.74 Å². The van der Waals surface area contributed by atoms with E-state index in [1.54, 1.807) is 11.8 Å². The zero-order valence-corrected chi connectivity index (χ0v) is 22.5. The van der Waals surface area contributed by atoms with Crippen molar-refractivity contribution in [2.45, 2.75) is 37.5 Å². The molecule has 10 heteroatoms. The highest BCUT2D eigenvalue weighted by atomic mass is 16.5. The van der Waals surface area contributed by atoms with Crippen molar-refractivity contribution in [2.24, 2.45) is 21.1 Å². The van der Waals surface area contributed by atoms with E-state index in [4.69, 9.17) is 19.8 Å². The minimum atomic E-state index is 0.479. The lowest BCUT2D eigenvalue weighted by Crippen LogP contribution is -2.01. The lowest BCUT2D eigenvalue weighted by Gasteiger charge is -2.10. The van der Waals surface area contributed by atoms with Crippen LogP contribution in [-0.2, 0) is 21.1 Å². The quantitative estimate of drug-likeness (QED) is 0.312. The fourth-order valence-corrected chi connectivity index (χ4v) is 5.84. The largest absolute Gasteiger partial charge is 0.478 e. The van der Waals surface area contributed by atoms with Gasteiger partial charge in [-0.25, -0.2) is 14.6 Å². The first-order valence-corrected chi connectivity index (χ1v) is 13.5. The van der Waals surface area contributed by atoms with E-state index in [1.807, 2.05) is 41.9 Å². The van der Waals surface area contributed by atoms with Crippen molar-refractivity contribution in [3.63, 3.8) is 0 Å². The van der Waals surface area contributed by atoms with Gasteiger partial charge in [0.15, 0.2) is 5.65 Å². The summed E-state index contributed by atoms with van der Waals surface area (Å²) >= 11 is 0. The van der Waals surface area contributed by atoms with Gasteiger partial charge in [-0.3, -0.25) is 9.36 Å². The minimum absolute atomic E-state index is 0.479. The number of nitrogens with zero attached hydrogens (tertiary/aromatic N) is 9. The normalized spacial score (nSPS) is 15.6. The van der Waals surface area contributed by atoms with Crippen LogP contribution in [0.5, 0.6) is 5.88 Å². The number of hydrogen-bond donors (Lipinski definition) is 0. The van der Waals surface area contributed by atoms with Crippen LogP contribution in [0.1, 0.15) is 48.9 Å². The van der Waals surface area contributed by atoms with Gasteiger partial charge in [-0.1, -0.05) is 12.1 Å². The number of benzene rings is 1. The summed E-state index contributed by atoms with van der Waals surface area (Å²) in [4.78, 5) is 10.4. The minimum Gasteiger partial charge on any atom is -0.478 e. The van der Waals surface area contributed by atoms with Crippen LogP contribution in [0.2, 0.25) is 0 Å². The van der Waals surface area contributed by atoms with Gasteiger partial charge >= 0.3 is 0 Å². The van der Waals surface area contributed by atoms with Crippen molar-refractivity contribution in [3.8, 4) is 34.2 Å². The zero-order chi connectivity index (χ0) is 26.4. The van der Waals surface area contributed by atoms with Gasteiger partial charge in [0.05, 0.1) is 30.2 Å². The Balaban J connectivity index is 1.33. The van der Waals surface area contributed by atoms with Crippen molar-refractivity contribution < 1.29 is 4.74 Å². The fourth-order valence-electron chi connectivity index (χ4n) is 5.84. The third-order valence-corrected chi connectivity index (χ3v) is 7.97. The number of ether oxygens (including phenoxy) is 1. The number of aromatic nitrogens is 9. The summed E-state index contributed by atoms with van der Waals surface area (Å²) in [7, 11) is 7.62. The summed E-state index contributed by atoms with van der Waals surface area (Å²) < 4.78 is 13.2. The molecule has 0 radical (unpaired) electrons. The van der Waals surface area contributed by atoms with E-state index in [-0.39, 0.29) is 0 Å². The van der Waals surface area contributed by atoms with E-state index in [9.17, 15) is 0 Å². The van der Waals surface area contributed by atoms with Crippen LogP contribution in [0.15, 0.2) is 42.9 Å². The second-order valence-electron chi connectivity index (χ2n) is 10.9. The summed E-state index contributed by atoms with van der Waals surface area (Å²) in [5.74, 6) is 2.50. The maximum atomic E-state index is 5.51. The lowest BCUT2D eigenvalue weighted by molar-refractivity contribution is 0.389. The first-order valence-electron chi connectivity index (χ1n) is 13.5. The predicted octanol–water partition coefficient (Wildman–Crippen LogP) is 4.87. The van der Waals surface area contributed by atoms with Crippen LogP contribution in [0.4, 0.5) is 0 Å². The number of fused-ring (bicyclic) bond motifs is 2. The number of pyridine rings is 1. The van der Waals surface area contributed by atoms with Crippen molar-refractivity contribution in [3.05, 3.63) is 54.2 Å². The van der Waals surface area contributed by atoms with Gasteiger partial charge in [0.1, 0.15) is 11.5 Å². The smallest absolute Gasteiger partial charge is 0.258 e. The van der Waals surface area contributed by atoms with E-state index in [1.165, 1.54) is 31.4 Å². The van der Waals surface area contributed by atoms with Gasteiger partial charge < -0.3 is 9.30 Å². The number of aryl methyl sites for hydroxylation is 2. The van der Waals surface area contributed by atoms with Crippen LogP contribution >= 0.6 is 0 Å². The van der Waals surface area contributed by atoms with Gasteiger partial charge in [0.25, 0.3) is 5.88 Å². The monoisotopic (exact) mass is 519 g/mol. The highest BCUT2D eigenvalue weighted by molar-refractivity contribution is 5.95. The molecule has 0 aliphatic heterocycles. The van der Waals surface area contributed by atoms with E-state index in [0.717, 1.165) is 56.0 Å². The number of methoxy groups -OCH3 is 1. The molecular formula is C29H29N9O. The van der Waals surface area contributed by atoms with Gasteiger partial charge in [-0.15, -0.1) is 5.10 Å². The van der Waals surface area contributed by atoms with Gasteiger partial charge in [-0.2, -0.15) is 10.2 Å². The molecule has 0 atom stereocenters. The zero-order valence-electron chi connectivity index (χ0n) is 22.5. The molecule has 0 spiro atoms. The molecule has 5 heterocycles. The van der Waals surface area contributed by atoms with Crippen LogP contribution in [0, 0.1) is 0 Å². The maximum absolute atomic E-state index is 5.51. The molecule has 2 fully saturated rings. The van der Waals surface area contributed by atoms with Crippen LogP contribution in [0.25, 0.3) is 50.3 Å².